The first-order valence-electron chi connectivity index (χ1n) is 10.8. The zero-order valence-electron chi connectivity index (χ0n) is 18.1. The molecule has 5 rings (SSSR count). The number of hydrogen-bond donors (Lipinski definition) is 2. The highest BCUT2D eigenvalue weighted by Gasteiger charge is 2.20. The van der Waals surface area contributed by atoms with Crippen LogP contribution in [0.25, 0.3) is 22.1 Å². The van der Waals surface area contributed by atoms with Crippen LogP contribution in [-0.4, -0.2) is 51.4 Å². The van der Waals surface area contributed by atoms with Crippen LogP contribution in [-0.2, 0) is 11.3 Å². The Balaban J connectivity index is 1.38. The lowest BCUT2D eigenvalue weighted by Gasteiger charge is -2.26. The molecule has 0 radical (unpaired) electrons. The van der Waals surface area contributed by atoms with E-state index in [0.29, 0.717) is 47.1 Å². The lowest BCUT2D eigenvalue weighted by atomic mass is 10.1. The molecule has 4 aromatic rings. The van der Waals surface area contributed by atoms with Gasteiger partial charge in [-0.3, -0.25) is 14.2 Å². The molecule has 3 aromatic heterocycles. The second kappa shape index (κ2) is 8.45. The molecule has 0 atom stereocenters. The molecule has 1 aromatic carbocycles. The number of ether oxygens (including phenoxy) is 1. The van der Waals surface area contributed by atoms with Crippen molar-refractivity contribution in [2.45, 2.75) is 25.8 Å². The maximum atomic E-state index is 12.8. The van der Waals surface area contributed by atoms with Gasteiger partial charge in [-0.2, -0.15) is 4.98 Å². The summed E-state index contributed by atoms with van der Waals surface area (Å²) in [6.45, 7) is 1.31. The maximum absolute atomic E-state index is 12.8. The Morgan fingerprint density at radius 1 is 1.15 bits per heavy atom. The summed E-state index contributed by atoms with van der Waals surface area (Å²) in [4.78, 5) is 46.9. The third-order valence-electron chi connectivity index (χ3n) is 5.83. The number of pyridine rings is 1. The number of nitrogens with one attached hydrogen (secondary N) is 2. The highest BCUT2D eigenvalue weighted by molar-refractivity contribution is 6.06. The van der Waals surface area contributed by atoms with Crippen LogP contribution in [0, 0.1) is 0 Å². The predicted molar refractivity (Wildman–Crippen MR) is 122 cm³/mol. The number of anilines is 1. The largest absolute Gasteiger partial charge is 0.481 e. The fourth-order valence-corrected chi connectivity index (χ4v) is 4.09. The molecule has 1 saturated heterocycles. The number of aromatic nitrogens is 3. The summed E-state index contributed by atoms with van der Waals surface area (Å²) in [6, 6.07) is 10.1. The third kappa shape index (κ3) is 4.07. The molecule has 0 bridgehead atoms. The number of aromatic amines is 1. The van der Waals surface area contributed by atoms with Gasteiger partial charge in [-0.25, -0.2) is 4.79 Å². The number of oxazole rings is 1. The normalized spacial score (nSPS) is 14.0. The summed E-state index contributed by atoms with van der Waals surface area (Å²) < 4.78 is 11.7. The van der Waals surface area contributed by atoms with Crippen LogP contribution in [0.2, 0.25) is 0 Å². The lowest BCUT2D eigenvalue weighted by molar-refractivity contribution is -0.132. The van der Waals surface area contributed by atoms with Crippen molar-refractivity contribution >= 4 is 39.6 Å². The smallest absolute Gasteiger partial charge is 0.420 e. The number of nitrogens with zero attached hydrogens (tertiary/aromatic N) is 3. The van der Waals surface area contributed by atoms with Crippen molar-refractivity contribution < 1.29 is 18.7 Å². The highest BCUT2D eigenvalue weighted by atomic mass is 16.5. The van der Waals surface area contributed by atoms with Gasteiger partial charge in [-0.15, -0.1) is 0 Å². The number of H-pyrrole nitrogens is 1. The number of amides is 2. The average molecular weight is 449 g/mol. The van der Waals surface area contributed by atoms with Crippen molar-refractivity contribution in [2.24, 2.45) is 0 Å². The zero-order chi connectivity index (χ0) is 22.9. The molecule has 0 saturated carbocycles. The van der Waals surface area contributed by atoms with Gasteiger partial charge in [-0.05, 0) is 49.6 Å². The van der Waals surface area contributed by atoms with Gasteiger partial charge in [0, 0.05) is 30.2 Å². The fourth-order valence-electron chi connectivity index (χ4n) is 4.09. The molecular formula is C23H23N5O5. The van der Waals surface area contributed by atoms with Gasteiger partial charge in [0.25, 0.3) is 5.91 Å². The van der Waals surface area contributed by atoms with E-state index in [4.69, 9.17) is 9.15 Å². The number of rotatable bonds is 5. The van der Waals surface area contributed by atoms with E-state index in [-0.39, 0.29) is 18.4 Å². The van der Waals surface area contributed by atoms with Crippen LogP contribution in [0.1, 0.15) is 29.8 Å². The first kappa shape index (κ1) is 20.8. The Kier molecular flexibility index (Phi) is 5.33. The van der Waals surface area contributed by atoms with Gasteiger partial charge in [0.15, 0.2) is 5.58 Å². The van der Waals surface area contributed by atoms with E-state index < -0.39 is 5.76 Å². The summed E-state index contributed by atoms with van der Waals surface area (Å²) in [5.41, 5.74) is 2.14. The average Bonchev–Trinajstić information content (AvgIpc) is 3.40. The van der Waals surface area contributed by atoms with Crippen molar-refractivity contribution in [3.05, 3.63) is 52.6 Å². The Hall–Kier alpha value is -4.08. The van der Waals surface area contributed by atoms with Crippen molar-refractivity contribution in [1.82, 2.24) is 19.4 Å². The number of carbonyl (C=O) groups excluding carboxylic acids is 2. The summed E-state index contributed by atoms with van der Waals surface area (Å²) in [6.07, 6.45) is 3.05. The predicted octanol–water partition coefficient (Wildman–Crippen LogP) is 2.74. The topological polar surface area (TPSA) is 122 Å². The molecule has 10 nitrogen and oxygen atoms in total. The Morgan fingerprint density at radius 2 is 1.97 bits per heavy atom. The quantitative estimate of drug-likeness (QED) is 0.483. The molecule has 0 spiro atoms. The molecule has 33 heavy (non-hydrogen) atoms. The molecule has 0 aliphatic carbocycles. The first-order valence-corrected chi connectivity index (χ1v) is 10.8. The van der Waals surface area contributed by atoms with Crippen LogP contribution < -0.4 is 15.8 Å². The molecule has 10 heteroatoms. The minimum Gasteiger partial charge on any atom is -0.481 e. The molecule has 1 fully saturated rings. The number of likely N-dealkylation sites (tertiary alicyclic amines) is 1. The summed E-state index contributed by atoms with van der Waals surface area (Å²) in [5.74, 6) is -0.642. The minimum absolute atomic E-state index is 0.0985. The number of hydrogen-bond acceptors (Lipinski definition) is 6. The summed E-state index contributed by atoms with van der Waals surface area (Å²) in [7, 11) is 1.52. The van der Waals surface area contributed by atoms with Gasteiger partial charge in [0.05, 0.1) is 12.6 Å². The lowest BCUT2D eigenvalue weighted by Crippen LogP contribution is -2.39. The summed E-state index contributed by atoms with van der Waals surface area (Å²) >= 11 is 0. The molecule has 170 valence electrons. The molecule has 1 aliphatic heterocycles. The van der Waals surface area contributed by atoms with Crippen LogP contribution in [0.3, 0.4) is 0 Å². The monoisotopic (exact) mass is 449 g/mol. The molecule has 1 aliphatic rings. The van der Waals surface area contributed by atoms with Crippen molar-refractivity contribution in [2.75, 3.05) is 25.5 Å². The molecule has 2 N–H and O–H groups in total. The van der Waals surface area contributed by atoms with Crippen molar-refractivity contribution in [1.29, 1.82) is 0 Å². The van der Waals surface area contributed by atoms with E-state index in [9.17, 15) is 14.4 Å². The van der Waals surface area contributed by atoms with Crippen LogP contribution in [0.15, 0.2) is 45.6 Å². The van der Waals surface area contributed by atoms with Gasteiger partial charge < -0.3 is 24.4 Å². The van der Waals surface area contributed by atoms with E-state index >= 15 is 0 Å². The van der Waals surface area contributed by atoms with Gasteiger partial charge in [-0.1, -0.05) is 0 Å². The number of methoxy groups -OCH3 is 1. The van der Waals surface area contributed by atoms with Crippen LogP contribution in [0.4, 0.5) is 5.69 Å². The zero-order valence-corrected chi connectivity index (χ0v) is 18.1. The van der Waals surface area contributed by atoms with Gasteiger partial charge >= 0.3 is 5.76 Å². The molecule has 4 heterocycles. The third-order valence-corrected chi connectivity index (χ3v) is 5.83. The highest BCUT2D eigenvalue weighted by Crippen LogP contribution is 2.21. The molecule has 0 unspecified atom stereocenters. The van der Waals surface area contributed by atoms with E-state index in [1.807, 2.05) is 6.07 Å². The SMILES string of the molecule is COc1ccc2cc(C(=O)Nc3ccc4oc(=O)n(CC(=O)N5CCCCC5)c4c3)[nH]c2n1. The second-order valence-corrected chi connectivity index (χ2v) is 8.01. The Bertz CT molecular complexity index is 1410. The first-order chi connectivity index (χ1) is 16.0. The van der Waals surface area contributed by atoms with Gasteiger partial charge in [0.2, 0.25) is 11.8 Å². The van der Waals surface area contributed by atoms with Gasteiger partial charge in [0.1, 0.15) is 17.9 Å². The van der Waals surface area contributed by atoms with E-state index in [2.05, 4.69) is 15.3 Å². The number of carbonyl (C=O) groups is 2. The second-order valence-electron chi connectivity index (χ2n) is 8.01. The minimum atomic E-state index is -0.602. The Morgan fingerprint density at radius 3 is 2.76 bits per heavy atom. The Labute approximate surface area is 188 Å². The number of piperidine rings is 1. The van der Waals surface area contributed by atoms with Crippen LogP contribution in [0.5, 0.6) is 5.88 Å². The number of fused-ring (bicyclic) bond motifs is 2. The van der Waals surface area contributed by atoms with Crippen molar-refractivity contribution in [3.8, 4) is 5.88 Å². The maximum Gasteiger partial charge on any atom is 0.420 e. The molecular weight excluding hydrogens is 426 g/mol. The van der Waals surface area contributed by atoms with Crippen LogP contribution >= 0.6 is 0 Å². The van der Waals surface area contributed by atoms with E-state index in [1.165, 1.54) is 11.7 Å². The van der Waals surface area contributed by atoms with E-state index in [1.54, 1.807) is 35.2 Å². The summed E-state index contributed by atoms with van der Waals surface area (Å²) in [5, 5.41) is 3.59. The number of benzene rings is 1. The molecule has 2 amide bonds. The standard InChI is InChI=1S/C23H23N5O5/c1-32-19-8-5-14-11-16(25-21(14)26-19)22(30)24-15-6-7-18-17(12-15)28(23(31)33-18)13-20(29)27-9-3-2-4-10-27/h5-8,11-12H,2-4,9-10,13H2,1H3,(H,24,30)(H,25,26). The fraction of sp³-hybridized carbons (Fsp3) is 0.304. The van der Waals surface area contributed by atoms with Crippen molar-refractivity contribution in [3.63, 3.8) is 0 Å². The van der Waals surface area contributed by atoms with E-state index in [0.717, 1.165) is 24.6 Å².